The lowest BCUT2D eigenvalue weighted by atomic mass is 9.92. The molecule has 0 aliphatic carbocycles. The van der Waals surface area contributed by atoms with E-state index in [0.717, 1.165) is 11.1 Å². The van der Waals surface area contributed by atoms with Crippen LogP contribution in [0.5, 0.6) is 11.5 Å². The monoisotopic (exact) mass is 534 g/mol. The number of hydrogen-bond donors (Lipinski definition) is 0. The van der Waals surface area contributed by atoms with Gasteiger partial charge in [-0.3, -0.25) is 0 Å². The van der Waals surface area contributed by atoms with Gasteiger partial charge in [-0.05, 0) is 40.2 Å². The minimum absolute atomic E-state index is 0.000273. The van der Waals surface area contributed by atoms with E-state index < -0.39 is 42.3 Å². The van der Waals surface area contributed by atoms with Crippen molar-refractivity contribution in [2.45, 2.75) is 0 Å². The van der Waals surface area contributed by atoms with Crippen molar-refractivity contribution in [1.29, 1.82) is 0 Å². The number of hydrogen-bond acceptors (Lipinski definition) is 4. The van der Waals surface area contributed by atoms with E-state index in [-0.39, 0.29) is 51.0 Å². The second-order valence-corrected chi connectivity index (χ2v) is 9.38. The first-order valence-corrected chi connectivity index (χ1v) is 12.9. The highest BCUT2D eigenvalue weighted by Gasteiger charge is 2.20. The summed E-state index contributed by atoms with van der Waals surface area (Å²) in [5, 5.41) is -0.142. The number of fused-ring (bicyclic) bond motifs is 2. The summed E-state index contributed by atoms with van der Waals surface area (Å²) >= 11 is 0. The maximum atomic E-state index is 9.30. The molecule has 0 atom stereocenters. The fourth-order valence-corrected chi connectivity index (χ4v) is 4.82. The van der Waals surface area contributed by atoms with Gasteiger partial charge in [0.2, 0.25) is 0 Å². The fourth-order valence-electron chi connectivity index (χ4n) is 4.82. The maximum Gasteiger partial charge on any atom is 0.164 e. The van der Waals surface area contributed by atoms with Gasteiger partial charge in [0.05, 0.1) is 12.3 Å². The van der Waals surface area contributed by atoms with Gasteiger partial charge in [-0.15, -0.1) is 0 Å². The summed E-state index contributed by atoms with van der Waals surface area (Å²) in [6.45, 7) is 0. The van der Waals surface area contributed by atoms with E-state index in [9.17, 15) is 1.37 Å². The van der Waals surface area contributed by atoms with Crippen molar-refractivity contribution in [2.75, 3.05) is 0 Å². The molecule has 1 aromatic heterocycles. The largest absolute Gasteiger partial charge is 0.456 e. The molecule has 0 N–H and O–H groups in total. The van der Waals surface area contributed by atoms with E-state index >= 15 is 0 Å². The molecular formula is C37H23N3O. The van der Waals surface area contributed by atoms with Crippen LogP contribution in [0.1, 0.15) is 12.3 Å². The molecule has 41 heavy (non-hydrogen) atoms. The fraction of sp³-hybridized carbons (Fsp3) is 0. The highest BCUT2D eigenvalue weighted by molar-refractivity contribution is 6.04. The van der Waals surface area contributed by atoms with Gasteiger partial charge in [0.25, 0.3) is 0 Å². The van der Waals surface area contributed by atoms with Crippen LogP contribution < -0.4 is 4.74 Å². The topological polar surface area (TPSA) is 47.9 Å². The number of aromatic nitrogens is 3. The van der Waals surface area contributed by atoms with Crippen molar-refractivity contribution in [2.24, 2.45) is 0 Å². The van der Waals surface area contributed by atoms with Gasteiger partial charge in [0.15, 0.2) is 17.5 Å². The Hall–Kier alpha value is -5.61. The van der Waals surface area contributed by atoms with Crippen LogP contribution in [0.3, 0.4) is 0 Å². The molecule has 1 aliphatic rings. The molecule has 0 radical (unpaired) electrons. The quantitative estimate of drug-likeness (QED) is 0.226. The van der Waals surface area contributed by atoms with Crippen molar-refractivity contribution in [3.8, 4) is 67.9 Å². The Balaban J connectivity index is 1.30. The molecule has 7 aromatic rings. The Labute approximate surface area is 250 Å². The van der Waals surface area contributed by atoms with Crippen LogP contribution in [0.25, 0.3) is 67.2 Å². The van der Waals surface area contributed by atoms with E-state index in [0.29, 0.717) is 28.6 Å². The summed E-state index contributed by atoms with van der Waals surface area (Å²) in [7, 11) is 0. The molecule has 8 rings (SSSR count). The number of nitrogens with zero attached hydrogens (tertiary/aromatic N) is 3. The van der Waals surface area contributed by atoms with Crippen LogP contribution in [0, 0.1) is 0 Å². The lowest BCUT2D eigenvalue weighted by Gasteiger charge is -2.22. The average molecular weight is 535 g/mol. The first kappa shape index (κ1) is 15.8. The Morgan fingerprint density at radius 1 is 0.463 bits per heavy atom. The summed E-state index contributed by atoms with van der Waals surface area (Å²) in [4.78, 5) is 14.2. The van der Waals surface area contributed by atoms with E-state index in [1.165, 1.54) is 0 Å². The molecule has 0 bridgehead atoms. The Kier molecular flexibility index (Phi) is 3.69. The second kappa shape index (κ2) is 9.54. The van der Waals surface area contributed by atoms with Gasteiger partial charge >= 0.3 is 0 Å². The average Bonchev–Trinajstić information content (AvgIpc) is 3.15. The van der Waals surface area contributed by atoms with Gasteiger partial charge in [-0.25, -0.2) is 15.0 Å². The van der Waals surface area contributed by atoms with Crippen LogP contribution in [0.15, 0.2) is 139 Å². The third kappa shape index (κ3) is 4.14. The van der Waals surface area contributed by atoms with Gasteiger partial charge < -0.3 is 4.74 Å². The van der Waals surface area contributed by atoms with Crippen LogP contribution in [-0.2, 0) is 0 Å². The Morgan fingerprint density at radius 3 is 1.66 bits per heavy atom. The van der Waals surface area contributed by atoms with E-state index in [4.69, 9.17) is 30.7 Å². The molecule has 4 heteroatoms. The Morgan fingerprint density at radius 2 is 1.02 bits per heavy atom. The maximum absolute atomic E-state index is 9.30. The standard InChI is InChI=1S/C37H23N3O/c1-3-9-26(10-4-1)35-38-36(27-11-5-2-6-12-27)40-37(39-35)28-19-17-24(18-20-28)29-21-22-32-31(23-29)30-15-7-13-25-14-8-16-33(41-32)34(25)30/h1-23H/i7D,8D,13D,14D,15D,16D,21D,22D,23D. The Bertz CT molecular complexity index is 2480. The van der Waals surface area contributed by atoms with Gasteiger partial charge in [-0.2, -0.15) is 0 Å². The van der Waals surface area contributed by atoms with Crippen molar-refractivity contribution in [3.05, 3.63) is 139 Å². The summed E-state index contributed by atoms with van der Waals surface area (Å²) in [6, 6.07) is 22.1. The van der Waals surface area contributed by atoms with Crippen LogP contribution >= 0.6 is 0 Å². The molecule has 0 saturated carbocycles. The molecule has 0 amide bonds. The number of rotatable bonds is 4. The van der Waals surface area contributed by atoms with Crippen molar-refractivity contribution < 1.29 is 17.1 Å². The molecule has 1 aliphatic heterocycles. The number of ether oxygens (including phenoxy) is 1. The highest BCUT2D eigenvalue weighted by Crippen LogP contribution is 2.47. The molecule has 0 saturated heterocycles. The van der Waals surface area contributed by atoms with Crippen molar-refractivity contribution in [3.63, 3.8) is 0 Å². The highest BCUT2D eigenvalue weighted by atomic mass is 16.5. The predicted molar refractivity (Wildman–Crippen MR) is 165 cm³/mol. The normalized spacial score (nSPS) is 14.7. The first-order chi connectivity index (χ1) is 24.1. The zero-order valence-corrected chi connectivity index (χ0v) is 21.3. The zero-order valence-electron chi connectivity index (χ0n) is 30.3. The third-order valence-corrected chi connectivity index (χ3v) is 6.83. The smallest absolute Gasteiger partial charge is 0.164 e. The predicted octanol–water partition coefficient (Wildman–Crippen LogP) is 9.47. The van der Waals surface area contributed by atoms with Crippen LogP contribution in [0.4, 0.5) is 0 Å². The SMILES string of the molecule is [2H]c1c([2H])c(-c2ccc(-c3nc(-c4ccccc4)nc(-c4ccccc4)n3)cc2)c([2H])c2c1Oc1c([2H])c([2H])c([2H])c3c([2H])c([2H])c([2H])c-2c13. The van der Waals surface area contributed by atoms with E-state index in [1.54, 1.807) is 24.3 Å². The third-order valence-electron chi connectivity index (χ3n) is 6.83. The second-order valence-electron chi connectivity index (χ2n) is 9.38. The molecule has 192 valence electrons. The van der Waals surface area contributed by atoms with Gasteiger partial charge in [0.1, 0.15) is 11.5 Å². The van der Waals surface area contributed by atoms with Gasteiger partial charge in [0, 0.05) is 27.6 Å². The molecule has 0 spiro atoms. The lowest BCUT2D eigenvalue weighted by Crippen LogP contribution is -2.00. The van der Waals surface area contributed by atoms with E-state index in [2.05, 4.69) is 0 Å². The zero-order chi connectivity index (χ0) is 35.0. The van der Waals surface area contributed by atoms with Crippen LogP contribution in [0.2, 0.25) is 0 Å². The van der Waals surface area contributed by atoms with E-state index in [1.807, 2.05) is 60.7 Å². The molecule has 0 fully saturated rings. The van der Waals surface area contributed by atoms with Crippen molar-refractivity contribution in [1.82, 2.24) is 15.0 Å². The molecule has 4 nitrogen and oxygen atoms in total. The molecular weight excluding hydrogens is 502 g/mol. The minimum Gasteiger partial charge on any atom is -0.456 e. The summed E-state index contributed by atoms with van der Waals surface area (Å²) in [5.41, 5.74) is 2.67. The van der Waals surface area contributed by atoms with Gasteiger partial charge in [-0.1, -0.05) is 121 Å². The summed E-state index contributed by atoms with van der Waals surface area (Å²) in [5.74, 6) is 0.894. The first-order valence-electron chi connectivity index (χ1n) is 17.4. The minimum atomic E-state index is -0.530. The summed E-state index contributed by atoms with van der Waals surface area (Å²) in [6.07, 6.45) is 0. The number of benzene rings is 6. The molecule has 6 aromatic carbocycles. The lowest BCUT2D eigenvalue weighted by molar-refractivity contribution is 0.487. The molecule has 0 unspecified atom stereocenters. The van der Waals surface area contributed by atoms with Crippen molar-refractivity contribution >= 4 is 10.8 Å². The molecule has 2 heterocycles. The van der Waals surface area contributed by atoms with Crippen LogP contribution in [-0.4, -0.2) is 15.0 Å². The summed E-state index contributed by atoms with van der Waals surface area (Å²) < 4.78 is 84.1.